The summed E-state index contributed by atoms with van der Waals surface area (Å²) in [5.74, 6) is 0.0557. The van der Waals surface area contributed by atoms with E-state index in [4.69, 9.17) is 4.84 Å². The Labute approximate surface area is 124 Å². The first-order valence-corrected chi connectivity index (χ1v) is 8.03. The van der Waals surface area contributed by atoms with Gasteiger partial charge in [-0.25, -0.2) is 5.06 Å². The molecule has 1 aliphatic carbocycles. The molecule has 0 spiro atoms. The average molecular weight is 290 g/mol. The largest absolute Gasteiger partial charge is 0.292 e. The van der Waals surface area contributed by atoms with Crippen molar-refractivity contribution >= 4 is 5.91 Å². The quantitative estimate of drug-likeness (QED) is 0.825. The minimum atomic E-state index is -0.234. The normalized spacial score (nSPS) is 27.2. The van der Waals surface area contributed by atoms with Crippen LogP contribution in [-0.2, 0) is 16.2 Å². The Morgan fingerprint density at radius 2 is 2.14 bits per heavy atom. The molecule has 2 aliphatic heterocycles. The van der Waals surface area contributed by atoms with Gasteiger partial charge in [-0.1, -0.05) is 12.8 Å². The summed E-state index contributed by atoms with van der Waals surface area (Å²) in [4.78, 5) is 20.7. The van der Waals surface area contributed by atoms with E-state index < -0.39 is 0 Å². The molecule has 1 aromatic heterocycles. The van der Waals surface area contributed by atoms with Crippen LogP contribution in [0.3, 0.4) is 0 Å². The summed E-state index contributed by atoms with van der Waals surface area (Å²) >= 11 is 0. The second kappa shape index (κ2) is 5.42. The predicted molar refractivity (Wildman–Crippen MR) is 76.2 cm³/mol. The summed E-state index contributed by atoms with van der Waals surface area (Å²) in [6, 6.07) is 2.43. The molecule has 114 valence electrons. The van der Waals surface area contributed by atoms with Crippen LogP contribution < -0.4 is 0 Å². The Kier molecular flexibility index (Phi) is 3.43. The molecule has 4 rings (SSSR count). The van der Waals surface area contributed by atoms with Crippen molar-refractivity contribution in [3.8, 4) is 0 Å². The van der Waals surface area contributed by atoms with E-state index in [1.807, 2.05) is 10.7 Å². The van der Waals surface area contributed by atoms with E-state index in [0.29, 0.717) is 19.2 Å². The first-order chi connectivity index (χ1) is 10.3. The number of aromatic nitrogens is 2. The standard InChI is InChI=1S/C15H22N4O2/c20-15(18-8-3-9-21-18)14-11-17(12-4-1-2-5-12)10-13-6-7-16-19(13)14/h6-7,12,14H,1-5,8-11H2/t14-/m0/s1. The Morgan fingerprint density at radius 1 is 1.29 bits per heavy atom. The number of rotatable bonds is 2. The van der Waals surface area contributed by atoms with E-state index in [1.54, 1.807) is 6.20 Å². The number of hydrogen-bond donors (Lipinski definition) is 0. The lowest BCUT2D eigenvalue weighted by atomic mass is 10.1. The molecule has 1 saturated heterocycles. The number of carbonyl (C=O) groups excluding carboxylic acids is 1. The molecule has 3 aliphatic rings. The van der Waals surface area contributed by atoms with Crippen molar-refractivity contribution < 1.29 is 9.63 Å². The average Bonchev–Trinajstić information content (AvgIpc) is 3.26. The Hall–Kier alpha value is -1.40. The molecule has 1 atom stereocenters. The third-order valence-corrected chi connectivity index (χ3v) is 4.94. The molecule has 6 heteroatoms. The fourth-order valence-corrected chi connectivity index (χ4v) is 3.84. The molecule has 1 amide bonds. The molecule has 0 bridgehead atoms. The minimum absolute atomic E-state index is 0.0557. The van der Waals surface area contributed by atoms with Gasteiger partial charge in [0.15, 0.2) is 0 Å². The number of nitrogens with zero attached hydrogens (tertiary/aromatic N) is 4. The highest BCUT2D eigenvalue weighted by Gasteiger charge is 2.37. The summed E-state index contributed by atoms with van der Waals surface area (Å²) in [6.45, 7) is 3.03. The second-order valence-electron chi connectivity index (χ2n) is 6.28. The van der Waals surface area contributed by atoms with E-state index in [0.717, 1.165) is 25.2 Å². The number of hydrogen-bond acceptors (Lipinski definition) is 4. The molecule has 3 heterocycles. The van der Waals surface area contributed by atoms with Gasteiger partial charge < -0.3 is 0 Å². The van der Waals surface area contributed by atoms with E-state index in [9.17, 15) is 4.79 Å². The first-order valence-electron chi connectivity index (χ1n) is 8.03. The lowest BCUT2D eigenvalue weighted by molar-refractivity contribution is -0.174. The van der Waals surface area contributed by atoms with Crippen LogP contribution in [0.25, 0.3) is 0 Å². The van der Waals surface area contributed by atoms with Crippen molar-refractivity contribution in [2.75, 3.05) is 19.7 Å². The summed E-state index contributed by atoms with van der Waals surface area (Å²) < 4.78 is 1.90. The molecule has 1 saturated carbocycles. The van der Waals surface area contributed by atoms with E-state index >= 15 is 0 Å². The molecule has 0 unspecified atom stereocenters. The van der Waals surface area contributed by atoms with Crippen LogP contribution in [0, 0.1) is 0 Å². The highest BCUT2D eigenvalue weighted by atomic mass is 16.7. The number of fused-ring (bicyclic) bond motifs is 1. The fraction of sp³-hybridized carbons (Fsp3) is 0.733. The molecular weight excluding hydrogens is 268 g/mol. The number of hydroxylamine groups is 2. The SMILES string of the molecule is O=C([C@@H]1CN(C2CCCC2)Cc2ccnn21)N1CCCO1. The van der Waals surface area contributed by atoms with Gasteiger partial charge >= 0.3 is 0 Å². The summed E-state index contributed by atoms with van der Waals surface area (Å²) in [5, 5.41) is 5.91. The van der Waals surface area contributed by atoms with Crippen molar-refractivity contribution in [3.63, 3.8) is 0 Å². The minimum Gasteiger partial charge on any atom is -0.292 e. The zero-order valence-corrected chi connectivity index (χ0v) is 12.3. The molecule has 0 N–H and O–H groups in total. The van der Waals surface area contributed by atoms with E-state index in [2.05, 4.69) is 10.00 Å². The third-order valence-electron chi connectivity index (χ3n) is 4.94. The fourth-order valence-electron chi connectivity index (χ4n) is 3.84. The molecule has 1 aromatic rings. The van der Waals surface area contributed by atoms with Gasteiger partial charge in [-0.3, -0.25) is 19.2 Å². The van der Waals surface area contributed by atoms with Crippen molar-refractivity contribution in [2.24, 2.45) is 0 Å². The molecular formula is C15H22N4O2. The lowest BCUT2D eigenvalue weighted by Crippen LogP contribution is -2.48. The van der Waals surface area contributed by atoms with Gasteiger partial charge in [0.25, 0.3) is 5.91 Å². The maximum atomic E-state index is 12.7. The molecule has 0 radical (unpaired) electrons. The van der Waals surface area contributed by atoms with Crippen LogP contribution in [0.2, 0.25) is 0 Å². The van der Waals surface area contributed by atoms with Gasteiger partial charge in [0.2, 0.25) is 0 Å². The van der Waals surface area contributed by atoms with E-state index in [-0.39, 0.29) is 11.9 Å². The van der Waals surface area contributed by atoms with Crippen molar-refractivity contribution in [1.29, 1.82) is 0 Å². The van der Waals surface area contributed by atoms with Crippen molar-refractivity contribution in [3.05, 3.63) is 18.0 Å². The van der Waals surface area contributed by atoms with Crippen LogP contribution >= 0.6 is 0 Å². The second-order valence-corrected chi connectivity index (χ2v) is 6.28. The van der Waals surface area contributed by atoms with Crippen LogP contribution in [0.15, 0.2) is 12.3 Å². The number of carbonyl (C=O) groups is 1. The highest BCUT2D eigenvalue weighted by molar-refractivity contribution is 5.80. The van der Waals surface area contributed by atoms with Crippen LogP contribution in [0.5, 0.6) is 0 Å². The summed E-state index contributed by atoms with van der Waals surface area (Å²) in [7, 11) is 0. The zero-order valence-electron chi connectivity index (χ0n) is 12.3. The molecule has 0 aromatic carbocycles. The maximum absolute atomic E-state index is 12.7. The van der Waals surface area contributed by atoms with Crippen LogP contribution in [0.1, 0.15) is 43.8 Å². The Balaban J connectivity index is 1.58. The molecule has 21 heavy (non-hydrogen) atoms. The van der Waals surface area contributed by atoms with Gasteiger partial charge in [-0.05, 0) is 25.3 Å². The van der Waals surface area contributed by atoms with E-state index in [1.165, 1.54) is 30.7 Å². The predicted octanol–water partition coefficient (Wildman–Crippen LogP) is 1.35. The molecule has 2 fully saturated rings. The van der Waals surface area contributed by atoms with Crippen molar-refractivity contribution in [2.45, 2.75) is 50.7 Å². The molecule has 6 nitrogen and oxygen atoms in total. The Bertz CT molecular complexity index is 517. The summed E-state index contributed by atoms with van der Waals surface area (Å²) in [5.41, 5.74) is 1.14. The number of amides is 1. The maximum Gasteiger partial charge on any atom is 0.272 e. The Morgan fingerprint density at radius 3 is 2.90 bits per heavy atom. The topological polar surface area (TPSA) is 50.6 Å². The van der Waals surface area contributed by atoms with Gasteiger partial charge in [0, 0.05) is 25.3 Å². The summed E-state index contributed by atoms with van der Waals surface area (Å²) in [6.07, 6.45) is 7.88. The smallest absolute Gasteiger partial charge is 0.272 e. The third kappa shape index (κ3) is 2.36. The van der Waals surface area contributed by atoms with Gasteiger partial charge in [0.1, 0.15) is 6.04 Å². The van der Waals surface area contributed by atoms with Gasteiger partial charge in [0.05, 0.1) is 18.8 Å². The highest BCUT2D eigenvalue weighted by Crippen LogP contribution is 2.30. The van der Waals surface area contributed by atoms with Crippen LogP contribution in [0.4, 0.5) is 0 Å². The zero-order chi connectivity index (χ0) is 14.2. The first kappa shape index (κ1) is 13.3. The monoisotopic (exact) mass is 290 g/mol. The lowest BCUT2D eigenvalue weighted by Gasteiger charge is -2.37. The van der Waals surface area contributed by atoms with Crippen LogP contribution in [-0.4, -0.2) is 51.4 Å². The van der Waals surface area contributed by atoms with Gasteiger partial charge in [-0.2, -0.15) is 5.10 Å². The van der Waals surface area contributed by atoms with Gasteiger partial charge in [-0.15, -0.1) is 0 Å². The van der Waals surface area contributed by atoms with Crippen molar-refractivity contribution in [1.82, 2.24) is 19.7 Å².